The van der Waals surface area contributed by atoms with Crippen molar-refractivity contribution in [3.05, 3.63) is 80.7 Å². The van der Waals surface area contributed by atoms with Crippen molar-refractivity contribution in [2.75, 3.05) is 39.4 Å². The first kappa shape index (κ1) is 23.8. The van der Waals surface area contributed by atoms with E-state index in [1.807, 2.05) is 24.0 Å². The highest BCUT2D eigenvalue weighted by Gasteiger charge is 2.42. The Morgan fingerprint density at radius 1 is 0.971 bits per heavy atom. The molecule has 1 atom stereocenters. The summed E-state index contributed by atoms with van der Waals surface area (Å²) in [5.41, 5.74) is 3.97. The number of ether oxygens (including phenoxy) is 1. The van der Waals surface area contributed by atoms with Crippen LogP contribution >= 0.6 is 0 Å². The van der Waals surface area contributed by atoms with Gasteiger partial charge in [-0.2, -0.15) is 0 Å². The molecule has 0 saturated carbocycles. The van der Waals surface area contributed by atoms with Crippen LogP contribution in [0, 0.1) is 6.92 Å². The summed E-state index contributed by atoms with van der Waals surface area (Å²) in [5.74, 6) is -0.0194. The van der Waals surface area contributed by atoms with Gasteiger partial charge in [-0.3, -0.25) is 14.5 Å². The number of fused-ring (bicyclic) bond motifs is 2. The van der Waals surface area contributed by atoms with Crippen molar-refractivity contribution in [1.82, 2.24) is 9.80 Å². The summed E-state index contributed by atoms with van der Waals surface area (Å²) in [6.45, 7) is 13.3. The fraction of sp³-hybridized carbons (Fsp3) is 0.448. The topological polar surface area (TPSA) is 63.0 Å². The highest BCUT2D eigenvalue weighted by atomic mass is 16.5. The number of nitrogens with zero attached hydrogens (tertiary/aromatic N) is 2. The van der Waals surface area contributed by atoms with E-state index in [4.69, 9.17) is 9.15 Å². The summed E-state index contributed by atoms with van der Waals surface area (Å²) in [6, 6.07) is 13.4. The Bertz CT molecular complexity index is 1300. The number of morpholine rings is 1. The molecule has 0 bridgehead atoms. The Morgan fingerprint density at radius 3 is 2.37 bits per heavy atom. The van der Waals surface area contributed by atoms with E-state index in [2.05, 4.69) is 49.9 Å². The van der Waals surface area contributed by atoms with Crippen LogP contribution in [0.3, 0.4) is 0 Å². The molecule has 6 heteroatoms. The van der Waals surface area contributed by atoms with Crippen LogP contribution in [0.15, 0.2) is 51.7 Å². The van der Waals surface area contributed by atoms with Crippen molar-refractivity contribution in [3.63, 3.8) is 0 Å². The van der Waals surface area contributed by atoms with Crippen LogP contribution < -0.4 is 5.43 Å². The second-order valence-corrected chi connectivity index (χ2v) is 10.8. The molecule has 5 rings (SSSR count). The lowest BCUT2D eigenvalue weighted by Crippen LogP contribution is -2.38. The fourth-order valence-corrected chi connectivity index (χ4v) is 5.17. The molecule has 2 aromatic carbocycles. The van der Waals surface area contributed by atoms with Crippen LogP contribution in [0.1, 0.15) is 66.0 Å². The first-order valence-corrected chi connectivity index (χ1v) is 12.5. The second-order valence-electron chi connectivity index (χ2n) is 10.8. The number of aryl methyl sites for hydroxylation is 1. The van der Waals surface area contributed by atoms with Crippen LogP contribution in [0.2, 0.25) is 0 Å². The third-order valence-corrected chi connectivity index (χ3v) is 7.19. The number of rotatable bonds is 5. The van der Waals surface area contributed by atoms with E-state index in [-0.39, 0.29) is 22.5 Å². The van der Waals surface area contributed by atoms with Gasteiger partial charge in [0.25, 0.3) is 5.91 Å². The normalized spacial score (nSPS) is 18.9. The Hall–Kier alpha value is -2.96. The van der Waals surface area contributed by atoms with Crippen LogP contribution in [-0.2, 0) is 10.2 Å². The molecule has 0 spiro atoms. The van der Waals surface area contributed by atoms with Crippen molar-refractivity contribution in [1.29, 1.82) is 0 Å². The maximum absolute atomic E-state index is 13.7. The molecule has 3 aromatic rings. The van der Waals surface area contributed by atoms with E-state index in [1.165, 1.54) is 5.56 Å². The quantitative estimate of drug-likeness (QED) is 0.538. The van der Waals surface area contributed by atoms with E-state index in [1.54, 1.807) is 6.07 Å². The molecule has 35 heavy (non-hydrogen) atoms. The maximum atomic E-state index is 13.7. The minimum atomic E-state index is -0.447. The van der Waals surface area contributed by atoms with Gasteiger partial charge in [-0.05, 0) is 42.0 Å². The number of carbonyl (C=O) groups is 1. The molecule has 1 saturated heterocycles. The Morgan fingerprint density at radius 2 is 1.69 bits per heavy atom. The predicted molar refractivity (Wildman–Crippen MR) is 137 cm³/mol. The summed E-state index contributed by atoms with van der Waals surface area (Å²) in [7, 11) is 0. The lowest BCUT2D eigenvalue weighted by Gasteiger charge is -2.29. The van der Waals surface area contributed by atoms with Crippen molar-refractivity contribution in [2.45, 2.75) is 45.6 Å². The Balaban J connectivity index is 1.54. The predicted octanol–water partition coefficient (Wildman–Crippen LogP) is 4.67. The average molecular weight is 475 g/mol. The van der Waals surface area contributed by atoms with Crippen LogP contribution in [0.5, 0.6) is 0 Å². The highest BCUT2D eigenvalue weighted by molar-refractivity contribution is 5.99. The van der Waals surface area contributed by atoms with Crippen molar-refractivity contribution < 1.29 is 13.9 Å². The molecule has 1 amide bonds. The SMILES string of the molecule is Cc1ccc2oc3c(c(=O)c2c1)[C@@H](c1ccc(C(C)(C)C)cc1)N(CCCN1CCOCC1)C3=O. The van der Waals surface area contributed by atoms with Crippen molar-refractivity contribution >= 4 is 16.9 Å². The largest absolute Gasteiger partial charge is 0.450 e. The molecule has 2 aliphatic rings. The second kappa shape index (κ2) is 9.25. The lowest BCUT2D eigenvalue weighted by atomic mass is 9.86. The number of hydrogen-bond acceptors (Lipinski definition) is 5. The van der Waals surface area contributed by atoms with E-state index in [9.17, 15) is 9.59 Å². The van der Waals surface area contributed by atoms with Crippen LogP contribution in [0.4, 0.5) is 0 Å². The number of benzene rings is 2. The van der Waals surface area contributed by atoms with Gasteiger partial charge in [0.05, 0.1) is 30.2 Å². The van der Waals surface area contributed by atoms with Gasteiger partial charge >= 0.3 is 0 Å². The summed E-state index contributed by atoms with van der Waals surface area (Å²) in [6.07, 6.45) is 0.823. The Labute approximate surface area is 206 Å². The summed E-state index contributed by atoms with van der Waals surface area (Å²) < 4.78 is 11.5. The zero-order valence-electron chi connectivity index (χ0n) is 21.1. The zero-order chi connectivity index (χ0) is 24.7. The minimum Gasteiger partial charge on any atom is -0.450 e. The lowest BCUT2D eigenvalue weighted by molar-refractivity contribution is 0.0353. The Kier molecular flexibility index (Phi) is 6.28. The summed E-state index contributed by atoms with van der Waals surface area (Å²) in [4.78, 5) is 31.5. The molecule has 6 nitrogen and oxygen atoms in total. The first-order valence-electron chi connectivity index (χ1n) is 12.5. The van der Waals surface area contributed by atoms with E-state index >= 15 is 0 Å². The van der Waals surface area contributed by atoms with Gasteiger partial charge in [0.1, 0.15) is 5.58 Å². The smallest absolute Gasteiger partial charge is 0.290 e. The third-order valence-electron chi connectivity index (χ3n) is 7.19. The van der Waals surface area contributed by atoms with E-state index < -0.39 is 6.04 Å². The van der Waals surface area contributed by atoms with E-state index in [0.29, 0.717) is 23.1 Å². The van der Waals surface area contributed by atoms with Gasteiger partial charge in [-0.25, -0.2) is 0 Å². The van der Waals surface area contributed by atoms with Crippen LogP contribution in [-0.4, -0.2) is 55.1 Å². The van der Waals surface area contributed by atoms with Crippen molar-refractivity contribution in [2.24, 2.45) is 0 Å². The molecule has 3 heterocycles. The molecule has 1 fully saturated rings. The number of hydrogen-bond donors (Lipinski definition) is 0. The first-order chi connectivity index (χ1) is 16.7. The maximum Gasteiger partial charge on any atom is 0.290 e. The summed E-state index contributed by atoms with van der Waals surface area (Å²) >= 11 is 0. The van der Waals surface area contributed by atoms with Gasteiger partial charge < -0.3 is 14.1 Å². The molecule has 0 radical (unpaired) electrons. The third kappa shape index (κ3) is 4.53. The van der Waals surface area contributed by atoms with Gasteiger partial charge in [0.15, 0.2) is 5.43 Å². The molecule has 0 unspecified atom stereocenters. The van der Waals surface area contributed by atoms with Gasteiger partial charge in [-0.15, -0.1) is 0 Å². The summed E-state index contributed by atoms with van der Waals surface area (Å²) in [5, 5.41) is 0.531. The van der Waals surface area contributed by atoms with Crippen LogP contribution in [0.25, 0.3) is 11.0 Å². The molecule has 0 N–H and O–H groups in total. The standard InChI is InChI=1S/C29H34N2O4/c1-19-6-11-23-22(18-19)26(32)24-25(20-7-9-21(10-8-20)29(2,3)4)31(28(33)27(24)35-23)13-5-12-30-14-16-34-17-15-30/h6-11,18,25H,5,12-17H2,1-4H3/t25-/m1/s1. The molecule has 1 aromatic heterocycles. The molecule has 2 aliphatic heterocycles. The monoisotopic (exact) mass is 474 g/mol. The van der Waals surface area contributed by atoms with E-state index in [0.717, 1.165) is 50.4 Å². The van der Waals surface area contributed by atoms with Gasteiger partial charge in [0, 0.05) is 26.2 Å². The number of amides is 1. The molecule has 184 valence electrons. The van der Waals surface area contributed by atoms with Gasteiger partial charge in [0.2, 0.25) is 5.76 Å². The molecular formula is C29H34N2O4. The number of carbonyl (C=O) groups excluding carboxylic acids is 1. The fourth-order valence-electron chi connectivity index (χ4n) is 5.17. The highest BCUT2D eigenvalue weighted by Crippen LogP contribution is 2.39. The molecule has 0 aliphatic carbocycles. The van der Waals surface area contributed by atoms with Gasteiger partial charge in [-0.1, -0.05) is 56.7 Å². The minimum absolute atomic E-state index is 0.0204. The zero-order valence-corrected chi connectivity index (χ0v) is 21.1. The average Bonchev–Trinajstić information content (AvgIpc) is 3.12. The van der Waals surface area contributed by atoms with Crippen molar-refractivity contribution in [3.8, 4) is 0 Å². The molecular weight excluding hydrogens is 440 g/mol.